The van der Waals surface area contributed by atoms with Gasteiger partial charge in [-0.05, 0) is 48.9 Å². The Morgan fingerprint density at radius 1 is 1.35 bits per heavy atom. The highest BCUT2D eigenvalue weighted by Crippen LogP contribution is 2.35. The zero-order valence-corrected chi connectivity index (χ0v) is 12.8. The standard InChI is InChI=1S/C16H23FO3/c1-11-6-7-12(17)8-13(11)15(2,3)10-16(4,19)9-14(18)20-5/h6-8,19H,9-10H2,1-5H3/t16-/m0/s1. The number of hydrogen-bond acceptors (Lipinski definition) is 3. The number of ether oxygens (including phenoxy) is 1. The van der Waals surface area contributed by atoms with E-state index in [2.05, 4.69) is 4.74 Å². The molecule has 1 N–H and O–H groups in total. The summed E-state index contributed by atoms with van der Waals surface area (Å²) in [6, 6.07) is 4.63. The van der Waals surface area contributed by atoms with Crippen molar-refractivity contribution in [2.75, 3.05) is 7.11 Å². The van der Waals surface area contributed by atoms with Gasteiger partial charge >= 0.3 is 5.97 Å². The number of carbonyl (C=O) groups excluding carboxylic acids is 1. The summed E-state index contributed by atoms with van der Waals surface area (Å²) in [7, 11) is 1.29. The predicted molar refractivity (Wildman–Crippen MR) is 76.0 cm³/mol. The molecule has 112 valence electrons. The minimum Gasteiger partial charge on any atom is -0.469 e. The SMILES string of the molecule is COC(=O)C[C@](C)(O)CC(C)(C)c1cc(F)ccc1C. The molecule has 0 aromatic heterocycles. The van der Waals surface area contributed by atoms with E-state index < -0.39 is 17.0 Å². The van der Waals surface area contributed by atoms with Crippen LogP contribution in [0.3, 0.4) is 0 Å². The summed E-state index contributed by atoms with van der Waals surface area (Å²) in [6.07, 6.45) is 0.251. The highest BCUT2D eigenvalue weighted by atomic mass is 19.1. The Balaban J connectivity index is 2.99. The van der Waals surface area contributed by atoms with Crippen LogP contribution in [0.1, 0.15) is 44.7 Å². The fourth-order valence-corrected chi connectivity index (χ4v) is 2.82. The fraction of sp³-hybridized carbons (Fsp3) is 0.562. The van der Waals surface area contributed by atoms with Crippen molar-refractivity contribution in [1.29, 1.82) is 0 Å². The van der Waals surface area contributed by atoms with Crippen LogP contribution in [0.5, 0.6) is 0 Å². The minimum absolute atomic E-state index is 0.0821. The van der Waals surface area contributed by atoms with E-state index >= 15 is 0 Å². The summed E-state index contributed by atoms with van der Waals surface area (Å²) in [4.78, 5) is 11.3. The van der Waals surface area contributed by atoms with Gasteiger partial charge in [-0.25, -0.2) is 4.39 Å². The van der Waals surface area contributed by atoms with Crippen LogP contribution in [0.15, 0.2) is 18.2 Å². The zero-order valence-electron chi connectivity index (χ0n) is 12.8. The Bertz CT molecular complexity index is 492. The third-order valence-electron chi connectivity index (χ3n) is 3.50. The first-order valence-electron chi connectivity index (χ1n) is 6.63. The van der Waals surface area contributed by atoms with Crippen LogP contribution in [0.25, 0.3) is 0 Å². The van der Waals surface area contributed by atoms with Gasteiger partial charge in [0.2, 0.25) is 0 Å². The van der Waals surface area contributed by atoms with Crippen molar-refractivity contribution in [3.05, 3.63) is 35.1 Å². The lowest BCUT2D eigenvalue weighted by atomic mass is 9.73. The first-order valence-corrected chi connectivity index (χ1v) is 6.63. The highest BCUT2D eigenvalue weighted by molar-refractivity contribution is 5.70. The van der Waals surface area contributed by atoms with Gasteiger partial charge in [0, 0.05) is 0 Å². The van der Waals surface area contributed by atoms with E-state index in [1.807, 2.05) is 20.8 Å². The van der Waals surface area contributed by atoms with E-state index in [1.165, 1.54) is 19.2 Å². The smallest absolute Gasteiger partial charge is 0.308 e. The van der Waals surface area contributed by atoms with Crippen molar-refractivity contribution < 1.29 is 19.0 Å². The van der Waals surface area contributed by atoms with Crippen LogP contribution >= 0.6 is 0 Å². The topological polar surface area (TPSA) is 46.5 Å². The molecule has 0 aliphatic carbocycles. The number of methoxy groups -OCH3 is 1. The molecule has 20 heavy (non-hydrogen) atoms. The molecule has 0 saturated carbocycles. The van der Waals surface area contributed by atoms with Gasteiger partial charge in [-0.2, -0.15) is 0 Å². The number of aliphatic hydroxyl groups is 1. The van der Waals surface area contributed by atoms with Crippen LogP contribution in [0, 0.1) is 12.7 Å². The van der Waals surface area contributed by atoms with Crippen LogP contribution in [-0.4, -0.2) is 23.8 Å². The van der Waals surface area contributed by atoms with Gasteiger partial charge in [-0.1, -0.05) is 19.9 Å². The Morgan fingerprint density at radius 3 is 2.50 bits per heavy atom. The molecule has 0 spiro atoms. The molecule has 0 heterocycles. The van der Waals surface area contributed by atoms with E-state index in [9.17, 15) is 14.3 Å². The van der Waals surface area contributed by atoms with E-state index in [1.54, 1.807) is 13.0 Å². The van der Waals surface area contributed by atoms with Gasteiger partial charge in [0.15, 0.2) is 0 Å². The zero-order chi connectivity index (χ0) is 15.6. The van der Waals surface area contributed by atoms with E-state index in [4.69, 9.17) is 0 Å². The molecule has 1 aromatic carbocycles. The molecule has 3 nitrogen and oxygen atoms in total. The molecule has 4 heteroatoms. The van der Waals surface area contributed by atoms with E-state index in [0.717, 1.165) is 11.1 Å². The maximum atomic E-state index is 13.4. The lowest BCUT2D eigenvalue weighted by Crippen LogP contribution is -2.36. The molecule has 0 radical (unpaired) electrons. The molecule has 0 aliphatic rings. The average Bonchev–Trinajstić information content (AvgIpc) is 2.29. The van der Waals surface area contributed by atoms with Crippen molar-refractivity contribution in [2.45, 2.75) is 51.6 Å². The second kappa shape index (κ2) is 5.92. The van der Waals surface area contributed by atoms with E-state index in [-0.39, 0.29) is 12.2 Å². The van der Waals surface area contributed by atoms with Gasteiger partial charge in [0.05, 0.1) is 19.1 Å². The third kappa shape index (κ3) is 4.30. The molecule has 0 amide bonds. The van der Waals surface area contributed by atoms with Crippen molar-refractivity contribution >= 4 is 5.97 Å². The number of carbonyl (C=O) groups is 1. The Morgan fingerprint density at radius 2 is 1.95 bits per heavy atom. The largest absolute Gasteiger partial charge is 0.469 e. The molecule has 1 atom stereocenters. The molecular formula is C16H23FO3. The van der Waals surface area contributed by atoms with Crippen LogP contribution in [0.4, 0.5) is 4.39 Å². The number of rotatable bonds is 5. The lowest BCUT2D eigenvalue weighted by Gasteiger charge is -2.34. The summed E-state index contributed by atoms with van der Waals surface area (Å²) >= 11 is 0. The Hall–Kier alpha value is -1.42. The number of hydrogen-bond donors (Lipinski definition) is 1. The van der Waals surface area contributed by atoms with Crippen LogP contribution in [0.2, 0.25) is 0 Å². The number of esters is 1. The van der Waals surface area contributed by atoms with E-state index in [0.29, 0.717) is 6.42 Å². The summed E-state index contributed by atoms with van der Waals surface area (Å²) < 4.78 is 18.0. The summed E-state index contributed by atoms with van der Waals surface area (Å²) in [5.74, 6) is -0.756. The first-order chi connectivity index (χ1) is 9.07. The summed E-state index contributed by atoms with van der Waals surface area (Å²) in [6.45, 7) is 7.37. The summed E-state index contributed by atoms with van der Waals surface area (Å²) in [5.41, 5.74) is 0.145. The maximum Gasteiger partial charge on any atom is 0.308 e. The van der Waals surface area contributed by atoms with Crippen molar-refractivity contribution in [1.82, 2.24) is 0 Å². The second-order valence-corrected chi connectivity index (χ2v) is 6.27. The molecule has 0 unspecified atom stereocenters. The minimum atomic E-state index is -1.20. The quantitative estimate of drug-likeness (QED) is 0.844. The molecule has 0 fully saturated rings. The van der Waals surface area contributed by atoms with Crippen molar-refractivity contribution in [3.8, 4) is 0 Å². The summed E-state index contributed by atoms with van der Waals surface area (Å²) in [5, 5.41) is 10.4. The number of halogens is 1. The average molecular weight is 282 g/mol. The van der Waals surface area contributed by atoms with Gasteiger partial charge < -0.3 is 9.84 Å². The van der Waals surface area contributed by atoms with Crippen molar-refractivity contribution in [2.24, 2.45) is 0 Å². The van der Waals surface area contributed by atoms with Crippen LogP contribution < -0.4 is 0 Å². The number of aryl methyl sites for hydroxylation is 1. The molecule has 1 aromatic rings. The lowest BCUT2D eigenvalue weighted by molar-refractivity contribution is -0.146. The molecule has 1 rings (SSSR count). The van der Waals surface area contributed by atoms with Crippen LogP contribution in [-0.2, 0) is 14.9 Å². The Kier molecular flexibility index (Phi) is 4.92. The van der Waals surface area contributed by atoms with Gasteiger partial charge in [0.25, 0.3) is 0 Å². The monoisotopic (exact) mass is 282 g/mol. The molecule has 0 bridgehead atoms. The Labute approximate surface area is 119 Å². The highest BCUT2D eigenvalue weighted by Gasteiger charge is 2.34. The van der Waals surface area contributed by atoms with Crippen molar-refractivity contribution in [3.63, 3.8) is 0 Å². The third-order valence-corrected chi connectivity index (χ3v) is 3.50. The normalized spacial score (nSPS) is 14.8. The second-order valence-electron chi connectivity index (χ2n) is 6.27. The van der Waals surface area contributed by atoms with Gasteiger partial charge in [-0.3, -0.25) is 4.79 Å². The van der Waals surface area contributed by atoms with Gasteiger partial charge in [0.1, 0.15) is 5.82 Å². The molecule has 0 aliphatic heterocycles. The molecular weight excluding hydrogens is 259 g/mol. The maximum absolute atomic E-state index is 13.4. The number of benzene rings is 1. The molecule has 0 saturated heterocycles. The first kappa shape index (κ1) is 16.6. The van der Waals surface area contributed by atoms with Gasteiger partial charge in [-0.15, -0.1) is 0 Å². The predicted octanol–water partition coefficient (Wildman–Crippen LogP) is 3.12. The fourth-order valence-electron chi connectivity index (χ4n) is 2.82.